The van der Waals surface area contributed by atoms with Gasteiger partial charge in [-0.25, -0.2) is 0 Å². The van der Waals surface area contributed by atoms with Gasteiger partial charge < -0.3 is 9.80 Å². The summed E-state index contributed by atoms with van der Waals surface area (Å²) in [4.78, 5) is 9.23. The minimum atomic E-state index is 0.725. The van der Waals surface area contributed by atoms with Gasteiger partial charge in [0.25, 0.3) is 0 Å². The smallest absolute Gasteiger partial charge is 0.0564 e. The number of para-hydroxylation sites is 1. The van der Waals surface area contributed by atoms with Crippen molar-refractivity contribution in [1.82, 2.24) is 4.90 Å². The number of anilines is 2. The van der Waals surface area contributed by atoms with Gasteiger partial charge >= 0.3 is 0 Å². The van der Waals surface area contributed by atoms with Crippen LogP contribution in [0.1, 0.15) is 25.7 Å². The molecule has 1 atom stereocenters. The van der Waals surface area contributed by atoms with Crippen LogP contribution in [0.3, 0.4) is 0 Å². The minimum absolute atomic E-state index is 0.725. The van der Waals surface area contributed by atoms with Crippen LogP contribution < -0.4 is 4.90 Å². The van der Waals surface area contributed by atoms with Crippen molar-refractivity contribution in [2.24, 2.45) is 0 Å². The summed E-state index contributed by atoms with van der Waals surface area (Å²) in [5.74, 6) is 0. The minimum Gasteiger partial charge on any atom is -0.340 e. The van der Waals surface area contributed by atoms with E-state index in [4.69, 9.17) is 0 Å². The van der Waals surface area contributed by atoms with Crippen molar-refractivity contribution in [3.63, 3.8) is 0 Å². The van der Waals surface area contributed by atoms with E-state index in [1.807, 2.05) is 23.5 Å². The molecule has 2 heterocycles. The summed E-state index contributed by atoms with van der Waals surface area (Å²) in [5, 5.41) is 0. The Balaban J connectivity index is 1.63. The SMILES string of the molecule is CSc1ccc2c(c1)N(CC[C@H]1CCCCN1C)c1ccccc1S2. The van der Waals surface area contributed by atoms with Gasteiger partial charge in [-0.2, -0.15) is 0 Å². The van der Waals surface area contributed by atoms with Gasteiger partial charge in [0.05, 0.1) is 11.4 Å². The number of piperidine rings is 1. The third-order valence-corrected chi connectivity index (χ3v) is 7.30. The number of fused-ring (bicyclic) bond motifs is 2. The molecule has 0 bridgehead atoms. The van der Waals surface area contributed by atoms with E-state index in [1.54, 1.807) is 0 Å². The Morgan fingerprint density at radius 2 is 1.92 bits per heavy atom. The van der Waals surface area contributed by atoms with E-state index in [0.717, 1.165) is 12.6 Å². The molecule has 4 heteroatoms. The lowest BCUT2D eigenvalue weighted by Gasteiger charge is -2.37. The molecule has 2 aromatic rings. The van der Waals surface area contributed by atoms with E-state index in [2.05, 4.69) is 65.6 Å². The second-order valence-corrected chi connectivity index (χ2v) is 8.94. The van der Waals surface area contributed by atoms with Crippen molar-refractivity contribution < 1.29 is 0 Å². The van der Waals surface area contributed by atoms with Gasteiger partial charge in [-0.1, -0.05) is 30.3 Å². The van der Waals surface area contributed by atoms with Crippen LogP contribution >= 0.6 is 23.5 Å². The molecule has 2 nitrogen and oxygen atoms in total. The van der Waals surface area contributed by atoms with Gasteiger partial charge in [0.1, 0.15) is 0 Å². The summed E-state index contributed by atoms with van der Waals surface area (Å²) >= 11 is 3.73. The molecular formula is C21H26N2S2. The van der Waals surface area contributed by atoms with Gasteiger partial charge in [-0.05, 0) is 69.4 Å². The van der Waals surface area contributed by atoms with Crippen molar-refractivity contribution in [2.75, 3.05) is 31.3 Å². The zero-order valence-electron chi connectivity index (χ0n) is 15.1. The largest absolute Gasteiger partial charge is 0.340 e. The quantitative estimate of drug-likeness (QED) is 0.619. The van der Waals surface area contributed by atoms with Gasteiger partial charge in [-0.3, -0.25) is 0 Å². The van der Waals surface area contributed by atoms with E-state index < -0.39 is 0 Å². The first kappa shape index (κ1) is 17.3. The Labute approximate surface area is 160 Å². The van der Waals surface area contributed by atoms with E-state index in [0.29, 0.717) is 0 Å². The number of hydrogen-bond acceptors (Lipinski definition) is 4. The lowest BCUT2D eigenvalue weighted by atomic mass is 9.99. The number of rotatable bonds is 4. The molecule has 25 heavy (non-hydrogen) atoms. The van der Waals surface area contributed by atoms with Crippen molar-refractivity contribution >= 4 is 34.9 Å². The first-order valence-corrected chi connectivity index (χ1v) is 11.2. The van der Waals surface area contributed by atoms with Crippen molar-refractivity contribution in [1.29, 1.82) is 0 Å². The third-order valence-electron chi connectivity index (χ3n) is 5.44. The second kappa shape index (κ2) is 7.65. The van der Waals surface area contributed by atoms with Gasteiger partial charge in [0.2, 0.25) is 0 Å². The van der Waals surface area contributed by atoms with E-state index in [1.165, 1.54) is 58.3 Å². The van der Waals surface area contributed by atoms with Crippen molar-refractivity contribution in [3.8, 4) is 0 Å². The molecule has 0 spiro atoms. The maximum atomic E-state index is 2.56. The van der Waals surface area contributed by atoms with E-state index >= 15 is 0 Å². The molecule has 0 amide bonds. The Morgan fingerprint density at radius 3 is 2.76 bits per heavy atom. The van der Waals surface area contributed by atoms with Crippen LogP contribution in [0.2, 0.25) is 0 Å². The average molecular weight is 371 g/mol. The van der Waals surface area contributed by atoms with Gasteiger partial charge in [0, 0.05) is 27.3 Å². The fourth-order valence-electron chi connectivity index (χ4n) is 3.96. The van der Waals surface area contributed by atoms with Crippen LogP contribution in [-0.4, -0.2) is 37.3 Å². The highest BCUT2D eigenvalue weighted by molar-refractivity contribution is 8.00. The summed E-state index contributed by atoms with van der Waals surface area (Å²) in [6.07, 6.45) is 7.48. The molecule has 132 valence electrons. The first-order chi connectivity index (χ1) is 12.3. The average Bonchev–Trinajstić information content (AvgIpc) is 2.66. The standard InChI is InChI=1S/C21H26N2S2/c1-22-13-6-5-7-16(22)12-14-23-18-8-3-4-9-20(18)25-21-11-10-17(24-2)15-19(21)23/h3-4,8-11,15-16H,5-7,12-14H2,1-2H3/t16-/m1/s1. The van der Waals surface area contributed by atoms with Crippen LogP contribution in [0.5, 0.6) is 0 Å². The molecule has 2 aromatic carbocycles. The molecule has 0 saturated carbocycles. The number of benzene rings is 2. The van der Waals surface area contributed by atoms with Crippen LogP contribution in [-0.2, 0) is 0 Å². The van der Waals surface area contributed by atoms with E-state index in [9.17, 15) is 0 Å². The summed E-state index contributed by atoms with van der Waals surface area (Å²) in [7, 11) is 2.30. The predicted octanol–water partition coefficient (Wildman–Crippen LogP) is 5.89. The Hall–Kier alpha value is -1.10. The highest BCUT2D eigenvalue weighted by Crippen LogP contribution is 2.49. The highest BCUT2D eigenvalue weighted by Gasteiger charge is 2.25. The normalized spacial score (nSPS) is 20.2. The topological polar surface area (TPSA) is 6.48 Å². The van der Waals surface area contributed by atoms with Crippen LogP contribution in [0.25, 0.3) is 0 Å². The fraction of sp³-hybridized carbons (Fsp3) is 0.429. The first-order valence-electron chi connectivity index (χ1n) is 9.19. The summed E-state index contributed by atoms with van der Waals surface area (Å²) < 4.78 is 0. The van der Waals surface area contributed by atoms with E-state index in [-0.39, 0.29) is 0 Å². The Morgan fingerprint density at radius 1 is 1.08 bits per heavy atom. The Bertz CT molecular complexity index is 746. The molecule has 2 aliphatic rings. The lowest BCUT2D eigenvalue weighted by Crippen LogP contribution is -2.38. The van der Waals surface area contributed by atoms with Gasteiger partial charge in [-0.15, -0.1) is 11.8 Å². The zero-order valence-corrected chi connectivity index (χ0v) is 16.7. The van der Waals surface area contributed by atoms with Crippen LogP contribution in [0, 0.1) is 0 Å². The molecular weight excluding hydrogens is 344 g/mol. The lowest BCUT2D eigenvalue weighted by molar-refractivity contribution is 0.178. The molecule has 1 fully saturated rings. The second-order valence-electron chi connectivity index (χ2n) is 6.97. The molecule has 0 unspecified atom stereocenters. The molecule has 1 saturated heterocycles. The zero-order chi connectivity index (χ0) is 17.2. The fourth-order valence-corrected chi connectivity index (χ4v) is 5.47. The predicted molar refractivity (Wildman–Crippen MR) is 111 cm³/mol. The Kier molecular flexibility index (Phi) is 5.30. The number of hydrogen-bond donors (Lipinski definition) is 0. The highest BCUT2D eigenvalue weighted by atomic mass is 32.2. The number of likely N-dealkylation sites (tertiary alicyclic amines) is 1. The van der Waals surface area contributed by atoms with Crippen LogP contribution in [0.15, 0.2) is 57.2 Å². The van der Waals surface area contributed by atoms with Crippen molar-refractivity contribution in [3.05, 3.63) is 42.5 Å². The summed E-state index contributed by atoms with van der Waals surface area (Å²) in [6.45, 7) is 2.35. The molecule has 2 aliphatic heterocycles. The maximum Gasteiger partial charge on any atom is 0.0564 e. The van der Waals surface area contributed by atoms with Gasteiger partial charge in [0.15, 0.2) is 0 Å². The molecule has 0 radical (unpaired) electrons. The monoisotopic (exact) mass is 370 g/mol. The van der Waals surface area contributed by atoms with Crippen molar-refractivity contribution in [2.45, 2.75) is 46.4 Å². The number of thioether (sulfide) groups is 1. The number of nitrogens with zero attached hydrogens (tertiary/aromatic N) is 2. The third kappa shape index (κ3) is 3.57. The molecule has 4 rings (SSSR count). The molecule has 0 N–H and O–H groups in total. The summed E-state index contributed by atoms with van der Waals surface area (Å²) in [5.41, 5.74) is 2.76. The molecule has 0 aromatic heterocycles. The van der Waals surface area contributed by atoms with Crippen LogP contribution in [0.4, 0.5) is 11.4 Å². The maximum absolute atomic E-state index is 2.56. The molecule has 0 aliphatic carbocycles. The summed E-state index contributed by atoms with van der Waals surface area (Å²) in [6, 6.07) is 16.5.